The molecule has 1 fully saturated rings. The second-order valence-electron chi connectivity index (χ2n) is 5.90. The van der Waals surface area contributed by atoms with Crippen LogP contribution in [0.2, 0.25) is 0 Å². The Balaban J connectivity index is 1.94. The second-order valence-corrected chi connectivity index (χ2v) is 7.84. The summed E-state index contributed by atoms with van der Waals surface area (Å²) in [7, 11) is -3.55. The molecule has 0 atom stereocenters. The molecule has 0 aliphatic carbocycles. The Morgan fingerprint density at radius 3 is 2.19 bits per heavy atom. The Bertz CT molecular complexity index is 770. The molecule has 3 N–H and O–H groups in total. The number of hydrogen-bond acceptors (Lipinski definition) is 5. The largest absolute Gasteiger partial charge is 0.343 e. The van der Waals surface area contributed by atoms with Crippen LogP contribution in [0.25, 0.3) is 0 Å². The summed E-state index contributed by atoms with van der Waals surface area (Å²) in [5, 5.41) is 2.38. The van der Waals surface area contributed by atoms with Crippen molar-refractivity contribution in [1.82, 2.24) is 20.5 Å². The fourth-order valence-electron chi connectivity index (χ4n) is 2.50. The van der Waals surface area contributed by atoms with Gasteiger partial charge in [-0.25, -0.2) is 8.42 Å². The number of hydrazine groups is 1. The Kier molecular flexibility index (Phi) is 6.70. The number of amides is 3. The minimum Gasteiger partial charge on any atom is -0.343 e. The number of carbonyl (C=O) groups excluding carboxylic acids is 3. The lowest BCUT2D eigenvalue weighted by Crippen LogP contribution is -2.45. The van der Waals surface area contributed by atoms with Gasteiger partial charge in [-0.15, -0.1) is 0 Å². The quantitative estimate of drug-likeness (QED) is 0.606. The van der Waals surface area contributed by atoms with E-state index in [4.69, 9.17) is 0 Å². The first-order valence-corrected chi connectivity index (χ1v) is 9.68. The standard InChI is InChI=1S/C16H22N4O5S/c1-12(21)18-19-15(22)11-17-16(23)13-5-7-14(8-6-13)26(24,25)20-9-3-2-4-10-20/h5-8H,2-4,9-11H2,1H3,(H,17,23)(H,18,21)(H,19,22). The van der Waals surface area contributed by atoms with Crippen molar-refractivity contribution in [3.05, 3.63) is 29.8 Å². The smallest absolute Gasteiger partial charge is 0.257 e. The molecule has 1 heterocycles. The van der Waals surface area contributed by atoms with Gasteiger partial charge in [-0.1, -0.05) is 6.42 Å². The Morgan fingerprint density at radius 2 is 1.62 bits per heavy atom. The van der Waals surface area contributed by atoms with Crippen LogP contribution in [0.15, 0.2) is 29.2 Å². The van der Waals surface area contributed by atoms with Crippen molar-refractivity contribution in [2.24, 2.45) is 0 Å². The van der Waals surface area contributed by atoms with Gasteiger partial charge in [0, 0.05) is 25.6 Å². The molecular weight excluding hydrogens is 360 g/mol. The summed E-state index contributed by atoms with van der Waals surface area (Å²) in [6, 6.07) is 5.57. The van der Waals surface area contributed by atoms with E-state index in [1.165, 1.54) is 35.5 Å². The monoisotopic (exact) mass is 382 g/mol. The molecule has 1 aromatic carbocycles. The summed E-state index contributed by atoms with van der Waals surface area (Å²) >= 11 is 0. The molecule has 142 valence electrons. The van der Waals surface area contributed by atoms with E-state index in [-0.39, 0.29) is 17.0 Å². The molecule has 0 radical (unpaired) electrons. The van der Waals surface area contributed by atoms with Crippen LogP contribution >= 0.6 is 0 Å². The van der Waals surface area contributed by atoms with Crippen LogP contribution in [-0.2, 0) is 19.6 Å². The van der Waals surface area contributed by atoms with Crippen LogP contribution in [0.4, 0.5) is 0 Å². The molecule has 0 spiro atoms. The summed E-state index contributed by atoms with van der Waals surface area (Å²) < 4.78 is 26.6. The fourth-order valence-corrected chi connectivity index (χ4v) is 4.01. The minimum absolute atomic E-state index is 0.138. The van der Waals surface area contributed by atoms with E-state index in [2.05, 4.69) is 16.2 Å². The van der Waals surface area contributed by atoms with Gasteiger partial charge in [0.25, 0.3) is 11.8 Å². The van der Waals surface area contributed by atoms with E-state index < -0.39 is 27.7 Å². The second kappa shape index (κ2) is 8.77. The maximum atomic E-state index is 12.5. The summed E-state index contributed by atoms with van der Waals surface area (Å²) in [6.07, 6.45) is 2.72. The number of sulfonamides is 1. The maximum absolute atomic E-state index is 12.5. The Hall–Kier alpha value is -2.46. The van der Waals surface area contributed by atoms with Crippen LogP contribution < -0.4 is 16.2 Å². The van der Waals surface area contributed by atoms with Gasteiger partial charge in [0.05, 0.1) is 11.4 Å². The van der Waals surface area contributed by atoms with Crippen molar-refractivity contribution in [3.8, 4) is 0 Å². The number of carbonyl (C=O) groups is 3. The van der Waals surface area contributed by atoms with Gasteiger partial charge in [0.15, 0.2) is 0 Å². The van der Waals surface area contributed by atoms with Crippen LogP contribution in [-0.4, -0.2) is 50.1 Å². The summed E-state index contributed by atoms with van der Waals surface area (Å²) in [5.41, 5.74) is 4.45. The predicted molar refractivity (Wildman–Crippen MR) is 93.3 cm³/mol. The third-order valence-corrected chi connectivity index (χ3v) is 5.77. The number of nitrogens with zero attached hydrogens (tertiary/aromatic N) is 1. The topological polar surface area (TPSA) is 125 Å². The first-order valence-electron chi connectivity index (χ1n) is 8.24. The number of benzene rings is 1. The molecule has 1 saturated heterocycles. The molecule has 9 nitrogen and oxygen atoms in total. The van der Waals surface area contributed by atoms with Gasteiger partial charge in [-0.2, -0.15) is 4.31 Å². The van der Waals surface area contributed by atoms with Gasteiger partial charge in [0.2, 0.25) is 15.9 Å². The molecular formula is C16H22N4O5S. The minimum atomic E-state index is -3.55. The normalized spacial score (nSPS) is 15.1. The number of rotatable bonds is 5. The molecule has 2 rings (SSSR count). The third-order valence-electron chi connectivity index (χ3n) is 3.86. The summed E-state index contributed by atoms with van der Waals surface area (Å²) in [4.78, 5) is 34.2. The van der Waals surface area contributed by atoms with Gasteiger partial charge in [-0.3, -0.25) is 25.2 Å². The number of piperidine rings is 1. The van der Waals surface area contributed by atoms with E-state index in [0.717, 1.165) is 19.3 Å². The van der Waals surface area contributed by atoms with Crippen molar-refractivity contribution in [2.75, 3.05) is 19.6 Å². The Labute approximate surface area is 152 Å². The maximum Gasteiger partial charge on any atom is 0.257 e. The molecule has 1 aliphatic heterocycles. The molecule has 26 heavy (non-hydrogen) atoms. The zero-order valence-electron chi connectivity index (χ0n) is 14.4. The van der Waals surface area contributed by atoms with Crippen LogP contribution in [0.3, 0.4) is 0 Å². The first kappa shape index (κ1) is 19.9. The van der Waals surface area contributed by atoms with Gasteiger partial charge in [-0.05, 0) is 37.1 Å². The van der Waals surface area contributed by atoms with E-state index in [0.29, 0.717) is 13.1 Å². The average molecular weight is 382 g/mol. The van der Waals surface area contributed by atoms with Gasteiger partial charge < -0.3 is 5.32 Å². The van der Waals surface area contributed by atoms with E-state index >= 15 is 0 Å². The molecule has 3 amide bonds. The highest BCUT2D eigenvalue weighted by Crippen LogP contribution is 2.20. The van der Waals surface area contributed by atoms with E-state index in [1.54, 1.807) is 0 Å². The van der Waals surface area contributed by atoms with Gasteiger partial charge in [0.1, 0.15) is 0 Å². The molecule has 1 aliphatic rings. The van der Waals surface area contributed by atoms with Gasteiger partial charge >= 0.3 is 0 Å². The Morgan fingerprint density at radius 1 is 1.00 bits per heavy atom. The SMILES string of the molecule is CC(=O)NNC(=O)CNC(=O)c1ccc(S(=O)(=O)N2CCCCC2)cc1. The number of hydrogen-bond donors (Lipinski definition) is 3. The van der Waals surface area contributed by atoms with Crippen molar-refractivity contribution < 1.29 is 22.8 Å². The fraction of sp³-hybridized carbons (Fsp3) is 0.438. The van der Waals surface area contributed by atoms with Crippen LogP contribution in [0.5, 0.6) is 0 Å². The average Bonchev–Trinajstić information content (AvgIpc) is 2.65. The number of nitrogens with one attached hydrogen (secondary N) is 3. The summed E-state index contributed by atoms with van der Waals surface area (Å²) in [5.74, 6) is -1.54. The van der Waals surface area contributed by atoms with E-state index in [1.807, 2.05) is 0 Å². The summed E-state index contributed by atoms with van der Waals surface area (Å²) in [6.45, 7) is 1.92. The molecule has 0 aromatic heterocycles. The molecule has 0 saturated carbocycles. The zero-order valence-corrected chi connectivity index (χ0v) is 15.3. The lowest BCUT2D eigenvalue weighted by Gasteiger charge is -2.25. The highest BCUT2D eigenvalue weighted by atomic mass is 32.2. The molecule has 0 bridgehead atoms. The van der Waals surface area contributed by atoms with Crippen LogP contribution in [0, 0.1) is 0 Å². The third kappa shape index (κ3) is 5.27. The molecule has 0 unspecified atom stereocenters. The molecule has 10 heteroatoms. The lowest BCUT2D eigenvalue weighted by molar-refractivity contribution is -0.127. The lowest BCUT2D eigenvalue weighted by atomic mass is 10.2. The van der Waals surface area contributed by atoms with Crippen molar-refractivity contribution in [1.29, 1.82) is 0 Å². The van der Waals surface area contributed by atoms with Crippen molar-refractivity contribution >= 4 is 27.7 Å². The van der Waals surface area contributed by atoms with E-state index in [9.17, 15) is 22.8 Å². The first-order chi connectivity index (χ1) is 12.3. The van der Waals surface area contributed by atoms with Crippen LogP contribution in [0.1, 0.15) is 36.5 Å². The highest BCUT2D eigenvalue weighted by Gasteiger charge is 2.25. The zero-order chi connectivity index (χ0) is 19.2. The van der Waals surface area contributed by atoms with Crippen molar-refractivity contribution in [2.45, 2.75) is 31.1 Å². The highest BCUT2D eigenvalue weighted by molar-refractivity contribution is 7.89. The van der Waals surface area contributed by atoms with Crippen molar-refractivity contribution in [3.63, 3.8) is 0 Å². The molecule has 1 aromatic rings. The predicted octanol–water partition coefficient (Wildman–Crippen LogP) is -0.242.